The molecule has 1 atom stereocenters. The maximum Gasteiger partial charge on any atom is 0.417 e. The summed E-state index contributed by atoms with van der Waals surface area (Å²) in [6.45, 7) is 3.92. The van der Waals surface area contributed by atoms with Crippen LogP contribution in [0, 0.1) is 0 Å². The largest absolute Gasteiger partial charge is 0.459 e. The van der Waals surface area contributed by atoms with E-state index < -0.39 is 41.1 Å². The van der Waals surface area contributed by atoms with Gasteiger partial charge in [-0.1, -0.05) is 78.1 Å². The predicted molar refractivity (Wildman–Crippen MR) is 117 cm³/mol. The summed E-state index contributed by atoms with van der Waals surface area (Å²) < 4.78 is 83.7. The fraction of sp³-hybridized carbons (Fsp3) is 0.720. The monoisotopic (exact) mass is 482 g/mol. The number of benzene rings is 1. The summed E-state index contributed by atoms with van der Waals surface area (Å²) in [5, 5.41) is 0. The number of hydrogen-bond donors (Lipinski definition) is 0. The molecule has 8 heteroatoms. The van der Waals surface area contributed by atoms with Crippen LogP contribution in [0.1, 0.15) is 119 Å². The van der Waals surface area contributed by atoms with E-state index in [-0.39, 0.29) is 12.1 Å². The molecule has 0 amide bonds. The summed E-state index contributed by atoms with van der Waals surface area (Å²) >= 11 is 0. The Hall–Kier alpha value is -1.73. The number of halogens is 6. The summed E-state index contributed by atoms with van der Waals surface area (Å²) in [5.41, 5.74) is -3.85. The van der Waals surface area contributed by atoms with Crippen molar-refractivity contribution in [2.75, 3.05) is 0 Å². The minimum Gasteiger partial charge on any atom is -0.459 e. The van der Waals surface area contributed by atoms with Gasteiger partial charge in [0.2, 0.25) is 0 Å². The average molecular weight is 483 g/mol. The first-order valence-corrected chi connectivity index (χ1v) is 12.0. The second-order valence-electron chi connectivity index (χ2n) is 8.52. The number of rotatable bonds is 15. The van der Waals surface area contributed by atoms with Crippen molar-refractivity contribution in [2.45, 2.75) is 116 Å². The number of carbonyl (C=O) groups excluding carboxylic acids is 1. The molecule has 0 aliphatic carbocycles. The molecular weight excluding hydrogens is 446 g/mol. The van der Waals surface area contributed by atoms with Crippen molar-refractivity contribution in [1.29, 1.82) is 0 Å². The van der Waals surface area contributed by atoms with Gasteiger partial charge in [0.25, 0.3) is 0 Å². The molecule has 0 aliphatic heterocycles. The second kappa shape index (κ2) is 14.5. The molecule has 1 unspecified atom stereocenters. The van der Waals surface area contributed by atoms with E-state index in [4.69, 9.17) is 4.74 Å². The molecule has 0 N–H and O–H groups in total. The van der Waals surface area contributed by atoms with E-state index in [0.717, 1.165) is 25.7 Å². The normalized spacial score (nSPS) is 13.2. The van der Waals surface area contributed by atoms with Crippen LogP contribution in [0.15, 0.2) is 18.2 Å². The molecule has 0 bridgehead atoms. The van der Waals surface area contributed by atoms with Crippen molar-refractivity contribution in [3.63, 3.8) is 0 Å². The fourth-order valence-electron chi connectivity index (χ4n) is 3.73. The summed E-state index contributed by atoms with van der Waals surface area (Å²) in [6, 6.07) is 0.826. The summed E-state index contributed by atoms with van der Waals surface area (Å²) in [5.74, 6) is -1.37. The molecule has 0 radical (unpaired) electrons. The molecule has 33 heavy (non-hydrogen) atoms. The highest BCUT2D eigenvalue weighted by Crippen LogP contribution is 2.37. The third-order valence-corrected chi connectivity index (χ3v) is 5.73. The number of ether oxygens (including phenoxy) is 1. The minimum absolute atomic E-state index is 0.222. The molecule has 0 aromatic heterocycles. The molecular formula is C25H36F6O2. The molecule has 1 aromatic rings. The van der Waals surface area contributed by atoms with Crippen molar-refractivity contribution in [3.05, 3.63) is 34.9 Å². The SMILES string of the molecule is CCCCCCCCCCCCCC(CC)OC(=O)c1cc(C(F)(F)F)ccc1C(F)(F)F. The fourth-order valence-corrected chi connectivity index (χ4v) is 3.73. The molecule has 0 aliphatic rings. The lowest BCUT2D eigenvalue weighted by Gasteiger charge is -2.19. The first-order chi connectivity index (χ1) is 15.5. The van der Waals surface area contributed by atoms with Gasteiger partial charge in [-0.25, -0.2) is 4.79 Å². The van der Waals surface area contributed by atoms with Gasteiger partial charge in [-0.05, 0) is 37.5 Å². The van der Waals surface area contributed by atoms with Crippen molar-refractivity contribution in [3.8, 4) is 0 Å². The lowest BCUT2D eigenvalue weighted by atomic mass is 10.0. The Bertz CT molecular complexity index is 697. The van der Waals surface area contributed by atoms with Gasteiger partial charge in [-0.2, -0.15) is 26.3 Å². The maximum atomic E-state index is 13.2. The van der Waals surface area contributed by atoms with Crippen LogP contribution in [0.4, 0.5) is 26.3 Å². The Labute approximate surface area is 193 Å². The van der Waals surface area contributed by atoms with Gasteiger partial charge < -0.3 is 4.74 Å². The number of alkyl halides is 6. The lowest BCUT2D eigenvalue weighted by molar-refractivity contribution is -0.141. The van der Waals surface area contributed by atoms with Crippen molar-refractivity contribution < 1.29 is 35.9 Å². The zero-order chi connectivity index (χ0) is 24.9. The zero-order valence-corrected chi connectivity index (χ0v) is 19.6. The molecule has 0 spiro atoms. The Morgan fingerprint density at radius 1 is 0.788 bits per heavy atom. The molecule has 2 nitrogen and oxygen atoms in total. The summed E-state index contributed by atoms with van der Waals surface area (Å²) in [6.07, 6.45) is 2.94. The highest BCUT2D eigenvalue weighted by Gasteiger charge is 2.39. The highest BCUT2D eigenvalue weighted by atomic mass is 19.4. The molecule has 0 fully saturated rings. The van der Waals surface area contributed by atoms with Crippen LogP contribution >= 0.6 is 0 Å². The molecule has 1 aromatic carbocycles. The number of esters is 1. The topological polar surface area (TPSA) is 26.3 Å². The van der Waals surface area contributed by atoms with Gasteiger partial charge in [-0.15, -0.1) is 0 Å². The van der Waals surface area contributed by atoms with Crippen molar-refractivity contribution in [1.82, 2.24) is 0 Å². The van der Waals surface area contributed by atoms with Crippen LogP contribution < -0.4 is 0 Å². The van der Waals surface area contributed by atoms with Crippen LogP contribution in [-0.2, 0) is 17.1 Å². The molecule has 0 saturated carbocycles. The smallest absolute Gasteiger partial charge is 0.417 e. The van der Waals surface area contributed by atoms with Crippen LogP contribution in [0.3, 0.4) is 0 Å². The van der Waals surface area contributed by atoms with Crippen molar-refractivity contribution in [2.24, 2.45) is 0 Å². The van der Waals surface area contributed by atoms with Crippen LogP contribution in [0.2, 0.25) is 0 Å². The third kappa shape index (κ3) is 11.3. The van der Waals surface area contributed by atoms with E-state index in [0.29, 0.717) is 18.9 Å². The molecule has 190 valence electrons. The number of hydrogen-bond acceptors (Lipinski definition) is 2. The zero-order valence-electron chi connectivity index (χ0n) is 19.6. The van der Waals surface area contributed by atoms with E-state index in [9.17, 15) is 31.1 Å². The second-order valence-corrected chi connectivity index (χ2v) is 8.52. The van der Waals surface area contributed by atoms with Crippen LogP contribution in [0.5, 0.6) is 0 Å². The third-order valence-electron chi connectivity index (χ3n) is 5.73. The first-order valence-electron chi connectivity index (χ1n) is 12.0. The van der Waals surface area contributed by atoms with Crippen LogP contribution in [0.25, 0.3) is 0 Å². The van der Waals surface area contributed by atoms with Crippen molar-refractivity contribution >= 4 is 5.97 Å². The van der Waals surface area contributed by atoms with Crippen LogP contribution in [-0.4, -0.2) is 12.1 Å². The molecule has 0 saturated heterocycles. The number of unbranched alkanes of at least 4 members (excludes halogenated alkanes) is 10. The highest BCUT2D eigenvalue weighted by molar-refractivity contribution is 5.91. The van der Waals surface area contributed by atoms with Gasteiger partial charge in [-0.3, -0.25) is 0 Å². The van der Waals surface area contributed by atoms with Gasteiger partial charge in [0.1, 0.15) is 6.10 Å². The Morgan fingerprint density at radius 2 is 1.30 bits per heavy atom. The predicted octanol–water partition coefficient (Wildman–Crippen LogP) is 9.36. The standard InChI is InChI=1S/C25H36F6O2/c1-3-5-6-7-8-9-10-11-12-13-14-15-20(4-2)33-23(32)21-18-19(24(26,27)28)16-17-22(21)25(29,30)31/h16-18,20H,3-15H2,1-2H3. The van der Waals surface area contributed by atoms with E-state index in [1.54, 1.807) is 6.92 Å². The van der Waals surface area contributed by atoms with E-state index in [2.05, 4.69) is 6.92 Å². The Morgan fingerprint density at radius 3 is 1.76 bits per heavy atom. The summed E-state index contributed by atoms with van der Waals surface area (Å²) in [4.78, 5) is 12.4. The lowest BCUT2D eigenvalue weighted by Crippen LogP contribution is -2.22. The maximum absolute atomic E-state index is 13.2. The molecule has 1 rings (SSSR count). The average Bonchev–Trinajstić information content (AvgIpc) is 2.74. The van der Waals surface area contributed by atoms with Gasteiger partial charge in [0.05, 0.1) is 16.7 Å². The first kappa shape index (κ1) is 29.3. The molecule has 0 heterocycles. The quantitative estimate of drug-likeness (QED) is 0.141. The van der Waals surface area contributed by atoms with E-state index >= 15 is 0 Å². The van der Waals surface area contributed by atoms with E-state index in [1.165, 1.54) is 44.9 Å². The minimum atomic E-state index is -4.96. The van der Waals surface area contributed by atoms with Gasteiger partial charge in [0.15, 0.2) is 0 Å². The van der Waals surface area contributed by atoms with E-state index in [1.807, 2.05) is 0 Å². The Kier molecular flexibility index (Phi) is 12.9. The van der Waals surface area contributed by atoms with Gasteiger partial charge >= 0.3 is 18.3 Å². The Balaban J connectivity index is 2.52. The number of carbonyl (C=O) groups is 1. The summed E-state index contributed by atoms with van der Waals surface area (Å²) in [7, 11) is 0. The van der Waals surface area contributed by atoms with Gasteiger partial charge in [0, 0.05) is 0 Å².